The zero-order valence-corrected chi connectivity index (χ0v) is 32.5. The quantitative estimate of drug-likeness (QED) is 0.0868. The molecule has 3 amide bonds. The van der Waals surface area contributed by atoms with Gasteiger partial charge in [-0.3, -0.25) is 4.90 Å². The van der Waals surface area contributed by atoms with Crippen LogP contribution in [0.15, 0.2) is 91.3 Å². The number of amides is 3. The van der Waals surface area contributed by atoms with Crippen LogP contribution < -0.4 is 25.6 Å². The lowest BCUT2D eigenvalue weighted by molar-refractivity contribution is 0.0341. The molecule has 13 heteroatoms. The number of nitriles is 1. The monoisotopic (exact) mass is 763 g/mol. The zero-order valence-electron chi connectivity index (χ0n) is 32.5. The Labute approximate surface area is 329 Å². The molecule has 13 nitrogen and oxygen atoms in total. The number of nitrogens with one attached hydrogen (secondary N) is 3. The Morgan fingerprint density at radius 2 is 1.57 bits per heavy atom. The number of rotatable bonds is 18. The molecule has 0 bridgehead atoms. The standard InChI is InChI=1S/C43H53N7O6/c1-43(2,3)56-42(52)46-21-7-23-53-24-25-54-26-27-55-40-28-35(20-22-45-40)34-11-15-37(16-12-34)50(41(51)48-30-32-8-5-4-6-9-32)38-17-13-36(14-18-38)49-39-19-10-33(29-44)31-47-39/h4-6,8-12,15-16,19-20,22,28,31,36,38H,7,13-14,17-18,21,23-27,30H2,1-3H3,(H,46,52)(H,47,49)(H,48,51). The van der Waals surface area contributed by atoms with Crippen LogP contribution in [0.25, 0.3) is 11.1 Å². The second-order valence-corrected chi connectivity index (χ2v) is 14.5. The maximum atomic E-state index is 13.8. The van der Waals surface area contributed by atoms with Crippen molar-refractivity contribution in [1.82, 2.24) is 20.6 Å². The summed E-state index contributed by atoms with van der Waals surface area (Å²) in [7, 11) is 0. The lowest BCUT2D eigenvalue weighted by atomic mass is 9.89. The average molecular weight is 764 g/mol. The van der Waals surface area contributed by atoms with Crippen LogP contribution in [0.3, 0.4) is 0 Å². The average Bonchev–Trinajstić information content (AvgIpc) is 3.20. The number of pyridine rings is 2. The summed E-state index contributed by atoms with van der Waals surface area (Å²) in [6.07, 6.45) is 6.94. The van der Waals surface area contributed by atoms with E-state index in [1.807, 2.05) is 98.5 Å². The topological polar surface area (TPSA) is 160 Å². The van der Waals surface area contributed by atoms with E-state index in [0.29, 0.717) is 64.0 Å². The van der Waals surface area contributed by atoms with Gasteiger partial charge < -0.3 is 34.9 Å². The number of hydrogen-bond acceptors (Lipinski definition) is 10. The van der Waals surface area contributed by atoms with E-state index in [4.69, 9.17) is 24.2 Å². The molecule has 3 N–H and O–H groups in total. The number of hydrogen-bond donors (Lipinski definition) is 3. The first-order valence-corrected chi connectivity index (χ1v) is 19.2. The zero-order chi connectivity index (χ0) is 39.6. The molecule has 0 unspecified atom stereocenters. The predicted molar refractivity (Wildman–Crippen MR) is 215 cm³/mol. The minimum atomic E-state index is -0.518. The second-order valence-electron chi connectivity index (χ2n) is 14.5. The van der Waals surface area contributed by atoms with Crippen molar-refractivity contribution < 1.29 is 28.5 Å². The lowest BCUT2D eigenvalue weighted by Gasteiger charge is -2.37. The summed E-state index contributed by atoms with van der Waals surface area (Å²) in [6.45, 7) is 8.49. The number of carbonyl (C=O) groups is 2. The molecule has 1 saturated carbocycles. The number of benzene rings is 2. The predicted octanol–water partition coefficient (Wildman–Crippen LogP) is 7.48. The first-order chi connectivity index (χ1) is 27.2. The lowest BCUT2D eigenvalue weighted by Crippen LogP contribution is -2.48. The Morgan fingerprint density at radius 3 is 2.27 bits per heavy atom. The van der Waals surface area contributed by atoms with Crippen LogP contribution in [0.5, 0.6) is 5.88 Å². The van der Waals surface area contributed by atoms with Crippen molar-refractivity contribution in [2.75, 3.05) is 49.8 Å². The molecule has 2 aromatic heterocycles. The minimum Gasteiger partial charge on any atom is -0.475 e. The van der Waals surface area contributed by atoms with E-state index >= 15 is 0 Å². The fourth-order valence-electron chi connectivity index (χ4n) is 6.27. The van der Waals surface area contributed by atoms with E-state index in [0.717, 1.165) is 53.9 Å². The van der Waals surface area contributed by atoms with Gasteiger partial charge in [-0.15, -0.1) is 0 Å². The normalized spacial score (nSPS) is 15.2. The number of nitrogens with zero attached hydrogens (tertiary/aromatic N) is 4. The first-order valence-electron chi connectivity index (χ1n) is 19.2. The molecule has 4 aromatic rings. The number of alkyl carbamates (subject to hydrolysis) is 1. The van der Waals surface area contributed by atoms with Crippen LogP contribution in [0.2, 0.25) is 0 Å². The molecular formula is C43H53N7O6. The number of ether oxygens (including phenoxy) is 4. The molecule has 2 aromatic carbocycles. The molecule has 56 heavy (non-hydrogen) atoms. The fraction of sp³-hybridized carbons (Fsp3) is 0.419. The highest BCUT2D eigenvalue weighted by Gasteiger charge is 2.30. The van der Waals surface area contributed by atoms with Crippen molar-refractivity contribution >= 4 is 23.6 Å². The third kappa shape index (κ3) is 13.9. The van der Waals surface area contributed by atoms with Gasteiger partial charge >= 0.3 is 12.1 Å². The molecule has 1 aliphatic rings. The second kappa shape index (κ2) is 21.4. The number of urea groups is 1. The van der Waals surface area contributed by atoms with Crippen molar-refractivity contribution in [2.45, 2.75) is 77.1 Å². The third-order valence-corrected chi connectivity index (χ3v) is 9.01. The van der Waals surface area contributed by atoms with Gasteiger partial charge in [0.15, 0.2) is 0 Å². The van der Waals surface area contributed by atoms with Gasteiger partial charge in [0.05, 0.1) is 25.4 Å². The Bertz CT molecular complexity index is 1840. The molecule has 0 radical (unpaired) electrons. The highest BCUT2D eigenvalue weighted by molar-refractivity contribution is 5.93. The molecule has 0 atom stereocenters. The Kier molecular flexibility index (Phi) is 15.8. The first kappa shape index (κ1) is 41.5. The molecule has 5 rings (SSSR count). The van der Waals surface area contributed by atoms with Crippen molar-refractivity contribution in [3.05, 3.63) is 102 Å². The Morgan fingerprint density at radius 1 is 0.839 bits per heavy atom. The smallest absolute Gasteiger partial charge is 0.407 e. The van der Waals surface area contributed by atoms with E-state index in [-0.39, 0.29) is 18.1 Å². The van der Waals surface area contributed by atoms with Crippen LogP contribution in [-0.4, -0.2) is 79.4 Å². The van der Waals surface area contributed by atoms with Gasteiger partial charge in [0, 0.05) is 55.9 Å². The summed E-state index contributed by atoms with van der Waals surface area (Å²) in [5.74, 6) is 1.24. The van der Waals surface area contributed by atoms with Crippen LogP contribution in [0.1, 0.15) is 64.0 Å². The largest absolute Gasteiger partial charge is 0.475 e. The van der Waals surface area contributed by atoms with Crippen molar-refractivity contribution in [1.29, 1.82) is 5.26 Å². The van der Waals surface area contributed by atoms with E-state index < -0.39 is 11.7 Å². The number of aromatic nitrogens is 2. The summed E-state index contributed by atoms with van der Waals surface area (Å²) >= 11 is 0. The highest BCUT2D eigenvalue weighted by Crippen LogP contribution is 2.31. The molecule has 2 heterocycles. The van der Waals surface area contributed by atoms with Crippen molar-refractivity contribution in [3.8, 4) is 23.1 Å². The molecule has 0 spiro atoms. The number of carbonyl (C=O) groups excluding carboxylic acids is 2. The molecule has 0 aliphatic heterocycles. The van der Waals surface area contributed by atoms with Gasteiger partial charge in [0.1, 0.15) is 24.1 Å². The SMILES string of the molecule is CC(C)(C)OC(=O)NCCCOCCOCCOc1cc(-c2ccc(N(C(=O)NCc3ccccc3)C3CCC(Nc4ccc(C#N)cn4)CC3)cc2)ccn1. The maximum Gasteiger partial charge on any atom is 0.407 e. The third-order valence-electron chi connectivity index (χ3n) is 9.01. The van der Waals surface area contributed by atoms with Crippen molar-refractivity contribution in [3.63, 3.8) is 0 Å². The fourth-order valence-corrected chi connectivity index (χ4v) is 6.27. The van der Waals surface area contributed by atoms with Gasteiger partial charge in [-0.25, -0.2) is 19.6 Å². The van der Waals surface area contributed by atoms with Gasteiger partial charge in [0.25, 0.3) is 0 Å². The van der Waals surface area contributed by atoms with Gasteiger partial charge in [-0.2, -0.15) is 5.26 Å². The molecule has 296 valence electrons. The summed E-state index contributed by atoms with van der Waals surface area (Å²) in [5, 5.41) is 18.4. The van der Waals surface area contributed by atoms with Crippen LogP contribution in [0, 0.1) is 11.3 Å². The molecule has 0 saturated heterocycles. The van der Waals surface area contributed by atoms with E-state index in [1.54, 1.807) is 18.5 Å². The molecular weight excluding hydrogens is 711 g/mol. The van der Waals surface area contributed by atoms with E-state index in [1.165, 1.54) is 0 Å². The van der Waals surface area contributed by atoms with Crippen LogP contribution >= 0.6 is 0 Å². The summed E-state index contributed by atoms with van der Waals surface area (Å²) in [4.78, 5) is 36.2. The van der Waals surface area contributed by atoms with Gasteiger partial charge in [0.2, 0.25) is 5.88 Å². The number of anilines is 2. The Hall–Kier alpha value is -5.71. The van der Waals surface area contributed by atoms with Gasteiger partial charge in [-0.05, 0) is 99.9 Å². The minimum absolute atomic E-state index is 0.0198. The van der Waals surface area contributed by atoms with Gasteiger partial charge in [-0.1, -0.05) is 42.5 Å². The van der Waals surface area contributed by atoms with E-state index in [9.17, 15) is 9.59 Å². The summed E-state index contributed by atoms with van der Waals surface area (Å²) in [5.41, 5.74) is 3.79. The summed E-state index contributed by atoms with van der Waals surface area (Å²) in [6, 6.07) is 27.6. The van der Waals surface area contributed by atoms with Crippen LogP contribution in [0.4, 0.5) is 21.1 Å². The highest BCUT2D eigenvalue weighted by atomic mass is 16.6. The summed E-state index contributed by atoms with van der Waals surface area (Å²) < 4.78 is 22.3. The molecule has 1 aliphatic carbocycles. The van der Waals surface area contributed by atoms with E-state index in [2.05, 4.69) is 32.0 Å². The van der Waals surface area contributed by atoms with Crippen LogP contribution in [-0.2, 0) is 20.8 Å². The molecule has 1 fully saturated rings. The Balaban J connectivity index is 1.09. The maximum absolute atomic E-state index is 13.8. The van der Waals surface area contributed by atoms with Crippen molar-refractivity contribution in [2.24, 2.45) is 0 Å².